The van der Waals surface area contributed by atoms with Crippen molar-refractivity contribution in [3.8, 4) is 0 Å². The number of amides is 4. The smallest absolute Gasteiger partial charge is 0.322 e. The summed E-state index contributed by atoms with van der Waals surface area (Å²) in [5.41, 5.74) is -0.447. The first-order chi connectivity index (χ1) is 11.6. The first kappa shape index (κ1) is 16.5. The summed E-state index contributed by atoms with van der Waals surface area (Å²) in [4.78, 5) is 38.6. The van der Waals surface area contributed by atoms with Gasteiger partial charge in [0, 0.05) is 19.5 Å². The molecule has 2 aliphatic rings. The number of imide groups is 1. The van der Waals surface area contributed by atoms with Crippen LogP contribution in [0, 0.1) is 0 Å². The molecular formula is C18H23N3O3. The zero-order valence-electron chi connectivity index (χ0n) is 13.7. The Morgan fingerprint density at radius 1 is 1.04 bits per heavy atom. The van der Waals surface area contributed by atoms with E-state index < -0.39 is 11.6 Å². The molecular weight excluding hydrogens is 306 g/mol. The van der Waals surface area contributed by atoms with Crippen LogP contribution in [0.1, 0.15) is 44.1 Å². The maximum absolute atomic E-state index is 12.6. The van der Waals surface area contributed by atoms with Crippen molar-refractivity contribution in [1.82, 2.24) is 15.5 Å². The molecule has 0 aromatic heterocycles. The summed E-state index contributed by atoms with van der Waals surface area (Å²) in [6, 6.07) is 8.61. The van der Waals surface area contributed by atoms with Crippen LogP contribution in [0.3, 0.4) is 0 Å². The van der Waals surface area contributed by atoms with Crippen LogP contribution in [-0.2, 0) is 15.1 Å². The minimum atomic E-state index is -1.15. The van der Waals surface area contributed by atoms with Crippen molar-refractivity contribution in [1.29, 1.82) is 0 Å². The second-order valence-corrected chi connectivity index (χ2v) is 6.47. The maximum atomic E-state index is 12.6. The van der Waals surface area contributed by atoms with Crippen LogP contribution in [0.15, 0.2) is 30.3 Å². The van der Waals surface area contributed by atoms with Gasteiger partial charge in [-0.3, -0.25) is 14.9 Å². The predicted octanol–water partition coefficient (Wildman–Crippen LogP) is 1.90. The number of rotatable bonds is 4. The van der Waals surface area contributed by atoms with Gasteiger partial charge in [0.05, 0.1) is 0 Å². The van der Waals surface area contributed by atoms with Gasteiger partial charge in [0.1, 0.15) is 5.54 Å². The number of carbonyl (C=O) groups is 3. The van der Waals surface area contributed by atoms with Crippen molar-refractivity contribution in [3.05, 3.63) is 35.9 Å². The van der Waals surface area contributed by atoms with Gasteiger partial charge in [0.2, 0.25) is 5.91 Å². The highest BCUT2D eigenvalue weighted by atomic mass is 16.2. The molecule has 3 rings (SSSR count). The Bertz CT molecular complexity index is 624. The van der Waals surface area contributed by atoms with E-state index in [0.717, 1.165) is 38.8 Å². The van der Waals surface area contributed by atoms with Crippen LogP contribution < -0.4 is 10.6 Å². The zero-order valence-corrected chi connectivity index (χ0v) is 13.7. The van der Waals surface area contributed by atoms with Crippen molar-refractivity contribution in [2.75, 3.05) is 13.1 Å². The normalized spacial score (nSPS) is 24.2. The van der Waals surface area contributed by atoms with E-state index in [1.165, 1.54) is 0 Å². The van der Waals surface area contributed by atoms with Gasteiger partial charge in [-0.1, -0.05) is 43.2 Å². The van der Waals surface area contributed by atoms with E-state index in [1.807, 2.05) is 35.2 Å². The summed E-state index contributed by atoms with van der Waals surface area (Å²) < 4.78 is 0. The molecule has 0 aliphatic carbocycles. The lowest BCUT2D eigenvalue weighted by molar-refractivity contribution is -0.132. The number of urea groups is 1. The Morgan fingerprint density at radius 3 is 2.29 bits per heavy atom. The van der Waals surface area contributed by atoms with Crippen LogP contribution in [0.5, 0.6) is 0 Å². The summed E-state index contributed by atoms with van der Waals surface area (Å²) in [7, 11) is 0. The first-order valence-corrected chi connectivity index (χ1v) is 8.59. The minimum absolute atomic E-state index is 0.0566. The number of carbonyl (C=O) groups excluding carboxylic acids is 3. The van der Waals surface area contributed by atoms with E-state index in [-0.39, 0.29) is 24.7 Å². The van der Waals surface area contributed by atoms with Crippen molar-refractivity contribution in [2.24, 2.45) is 0 Å². The van der Waals surface area contributed by atoms with Gasteiger partial charge in [0.25, 0.3) is 5.91 Å². The molecule has 2 heterocycles. The number of nitrogens with one attached hydrogen (secondary N) is 2. The van der Waals surface area contributed by atoms with Crippen molar-refractivity contribution in [3.63, 3.8) is 0 Å². The second kappa shape index (κ2) is 7.03. The number of benzene rings is 1. The molecule has 6 nitrogen and oxygen atoms in total. The molecule has 1 unspecified atom stereocenters. The highest BCUT2D eigenvalue weighted by Gasteiger charge is 2.47. The van der Waals surface area contributed by atoms with Crippen molar-refractivity contribution < 1.29 is 14.4 Å². The highest BCUT2D eigenvalue weighted by Crippen LogP contribution is 2.30. The van der Waals surface area contributed by atoms with Crippen LogP contribution in [0.4, 0.5) is 4.79 Å². The Labute approximate surface area is 141 Å². The molecule has 1 aromatic carbocycles. The third-order valence-electron chi connectivity index (χ3n) is 4.88. The van der Waals surface area contributed by atoms with Gasteiger partial charge in [-0.05, 0) is 24.8 Å². The molecule has 0 saturated carbocycles. The molecule has 1 atom stereocenters. The summed E-state index contributed by atoms with van der Waals surface area (Å²) >= 11 is 0. The number of hydrogen-bond acceptors (Lipinski definition) is 3. The zero-order chi connectivity index (χ0) is 17.0. The first-order valence-electron chi connectivity index (χ1n) is 8.59. The highest BCUT2D eigenvalue weighted by molar-refractivity contribution is 6.07. The number of hydrogen-bond donors (Lipinski definition) is 2. The number of likely N-dealkylation sites (tertiary alicyclic amines) is 1. The SMILES string of the molecule is O=C1NC(=O)C(CCC(=O)N2CCCCCC2)(c2ccccc2)N1. The monoisotopic (exact) mass is 329 g/mol. The quantitative estimate of drug-likeness (QED) is 0.828. The van der Waals surface area contributed by atoms with Gasteiger partial charge >= 0.3 is 6.03 Å². The Morgan fingerprint density at radius 2 is 1.71 bits per heavy atom. The third kappa shape index (κ3) is 3.27. The van der Waals surface area contributed by atoms with E-state index in [4.69, 9.17) is 0 Å². The lowest BCUT2D eigenvalue weighted by atomic mass is 9.85. The van der Waals surface area contributed by atoms with Crippen LogP contribution >= 0.6 is 0 Å². The summed E-state index contributed by atoms with van der Waals surface area (Å²) in [5, 5.41) is 5.04. The maximum Gasteiger partial charge on any atom is 0.322 e. The lowest BCUT2D eigenvalue weighted by Crippen LogP contribution is -2.45. The fourth-order valence-electron chi connectivity index (χ4n) is 3.51. The van der Waals surface area contributed by atoms with Gasteiger partial charge in [-0.25, -0.2) is 4.79 Å². The standard InChI is InChI=1S/C18H23N3O3/c22-15(21-12-6-1-2-7-13-21)10-11-18(14-8-4-3-5-9-14)16(23)19-17(24)20-18/h3-5,8-9H,1-2,6-7,10-13H2,(H2,19,20,23,24). The molecule has 0 spiro atoms. The number of nitrogens with zero attached hydrogens (tertiary/aromatic N) is 1. The molecule has 2 fully saturated rings. The average Bonchev–Trinajstić information content (AvgIpc) is 2.78. The third-order valence-corrected chi connectivity index (χ3v) is 4.88. The lowest BCUT2D eigenvalue weighted by Gasteiger charge is -2.28. The Balaban J connectivity index is 1.75. The van der Waals surface area contributed by atoms with Gasteiger partial charge < -0.3 is 10.2 Å². The van der Waals surface area contributed by atoms with Crippen LogP contribution in [0.2, 0.25) is 0 Å². The fourth-order valence-corrected chi connectivity index (χ4v) is 3.51. The molecule has 6 heteroatoms. The van der Waals surface area contributed by atoms with E-state index in [2.05, 4.69) is 10.6 Å². The van der Waals surface area contributed by atoms with E-state index in [1.54, 1.807) is 0 Å². The summed E-state index contributed by atoms with van der Waals surface area (Å²) in [5.74, 6) is -0.330. The van der Waals surface area contributed by atoms with E-state index >= 15 is 0 Å². The van der Waals surface area contributed by atoms with Crippen molar-refractivity contribution in [2.45, 2.75) is 44.1 Å². The molecule has 128 valence electrons. The predicted molar refractivity (Wildman–Crippen MR) is 89.1 cm³/mol. The molecule has 1 aromatic rings. The van der Waals surface area contributed by atoms with Crippen LogP contribution in [-0.4, -0.2) is 35.8 Å². The molecule has 24 heavy (non-hydrogen) atoms. The molecule has 2 N–H and O–H groups in total. The average molecular weight is 329 g/mol. The fraction of sp³-hybridized carbons (Fsp3) is 0.500. The molecule has 0 radical (unpaired) electrons. The Kier molecular flexibility index (Phi) is 4.83. The molecule has 0 bridgehead atoms. The van der Waals surface area contributed by atoms with E-state index in [0.29, 0.717) is 5.56 Å². The minimum Gasteiger partial charge on any atom is -0.343 e. The van der Waals surface area contributed by atoms with Gasteiger partial charge in [-0.15, -0.1) is 0 Å². The molecule has 2 saturated heterocycles. The van der Waals surface area contributed by atoms with Gasteiger partial charge in [0.15, 0.2) is 0 Å². The topological polar surface area (TPSA) is 78.5 Å². The van der Waals surface area contributed by atoms with Gasteiger partial charge in [-0.2, -0.15) is 0 Å². The van der Waals surface area contributed by atoms with Crippen LogP contribution in [0.25, 0.3) is 0 Å². The summed E-state index contributed by atoms with van der Waals surface area (Å²) in [6.07, 6.45) is 4.90. The molecule has 2 aliphatic heterocycles. The Hall–Kier alpha value is -2.37. The van der Waals surface area contributed by atoms with E-state index in [9.17, 15) is 14.4 Å². The van der Waals surface area contributed by atoms with Crippen molar-refractivity contribution >= 4 is 17.8 Å². The second-order valence-electron chi connectivity index (χ2n) is 6.47. The largest absolute Gasteiger partial charge is 0.343 e. The summed E-state index contributed by atoms with van der Waals surface area (Å²) in [6.45, 7) is 1.57. The molecule has 4 amide bonds.